The highest BCUT2D eigenvalue weighted by atomic mass is 32.2. The Hall–Kier alpha value is -1.70. The van der Waals surface area contributed by atoms with Gasteiger partial charge in [0.1, 0.15) is 0 Å². The molecule has 0 aliphatic rings. The van der Waals surface area contributed by atoms with Crippen molar-refractivity contribution in [2.24, 2.45) is 0 Å². The summed E-state index contributed by atoms with van der Waals surface area (Å²) in [6, 6.07) is 11.9. The zero-order valence-corrected chi connectivity index (χ0v) is 14.5. The first kappa shape index (κ1) is 17.7. The summed E-state index contributed by atoms with van der Waals surface area (Å²) in [4.78, 5) is 0. The van der Waals surface area contributed by atoms with Crippen molar-refractivity contribution in [2.75, 3.05) is 25.9 Å². The molecule has 0 saturated carbocycles. The average molecular weight is 336 g/mol. The molecule has 0 unspecified atom stereocenters. The lowest BCUT2D eigenvalue weighted by atomic mass is 10.3. The normalized spacial score (nSPS) is 12.0. The molecule has 1 heterocycles. The summed E-state index contributed by atoms with van der Waals surface area (Å²) in [5.74, 6) is 0. The molecule has 6 nitrogen and oxygen atoms in total. The standard InChI is InChI=1S/C16H24N4O2S/c1-3-19(23(2,21)22)12-7-11-17-14-15-10-13-20(18-15)16-8-5-4-6-9-16/h4-6,8-10,13,17H,3,7,11-12,14H2,1-2H3. The van der Waals surface area contributed by atoms with Gasteiger partial charge < -0.3 is 5.32 Å². The summed E-state index contributed by atoms with van der Waals surface area (Å²) in [5, 5.41) is 7.82. The first-order valence-corrected chi connectivity index (χ1v) is 9.61. The molecule has 2 aromatic rings. The zero-order valence-electron chi connectivity index (χ0n) is 13.6. The molecule has 0 radical (unpaired) electrons. The van der Waals surface area contributed by atoms with Crippen molar-refractivity contribution in [1.29, 1.82) is 0 Å². The molecule has 126 valence electrons. The van der Waals surface area contributed by atoms with E-state index in [0.717, 1.165) is 24.3 Å². The summed E-state index contributed by atoms with van der Waals surface area (Å²) >= 11 is 0. The number of hydrogen-bond acceptors (Lipinski definition) is 4. The summed E-state index contributed by atoms with van der Waals surface area (Å²) in [6.07, 6.45) is 3.97. The predicted octanol–water partition coefficient (Wildman–Crippen LogP) is 1.63. The third-order valence-electron chi connectivity index (χ3n) is 3.55. The molecule has 23 heavy (non-hydrogen) atoms. The van der Waals surface area contributed by atoms with Gasteiger partial charge >= 0.3 is 0 Å². The number of hydrogen-bond donors (Lipinski definition) is 1. The number of rotatable bonds is 9. The van der Waals surface area contributed by atoms with Gasteiger partial charge in [-0.25, -0.2) is 17.4 Å². The highest BCUT2D eigenvalue weighted by Gasteiger charge is 2.12. The van der Waals surface area contributed by atoms with Crippen LogP contribution in [0.1, 0.15) is 19.0 Å². The van der Waals surface area contributed by atoms with Crippen molar-refractivity contribution in [3.8, 4) is 5.69 Å². The molecule has 0 fully saturated rings. The molecule has 7 heteroatoms. The largest absolute Gasteiger partial charge is 0.311 e. The Balaban J connectivity index is 1.74. The van der Waals surface area contributed by atoms with E-state index >= 15 is 0 Å². The molecule has 0 saturated heterocycles. The van der Waals surface area contributed by atoms with Crippen LogP contribution >= 0.6 is 0 Å². The summed E-state index contributed by atoms with van der Waals surface area (Å²) in [6.45, 7) is 4.33. The molecule has 0 aliphatic carbocycles. The maximum absolute atomic E-state index is 11.5. The molecule has 1 N–H and O–H groups in total. The lowest BCUT2D eigenvalue weighted by Gasteiger charge is -2.17. The van der Waals surface area contributed by atoms with Gasteiger partial charge in [-0.15, -0.1) is 0 Å². The number of benzene rings is 1. The van der Waals surface area contributed by atoms with Crippen molar-refractivity contribution >= 4 is 10.0 Å². The molecule has 0 amide bonds. The lowest BCUT2D eigenvalue weighted by molar-refractivity contribution is 0.418. The number of nitrogens with one attached hydrogen (secondary N) is 1. The van der Waals surface area contributed by atoms with Gasteiger partial charge in [0.15, 0.2) is 0 Å². The summed E-state index contributed by atoms with van der Waals surface area (Å²) in [5.41, 5.74) is 2.00. The van der Waals surface area contributed by atoms with Crippen LogP contribution in [0.4, 0.5) is 0 Å². The first-order chi connectivity index (χ1) is 11.0. The monoisotopic (exact) mass is 336 g/mol. The Bertz CT molecular complexity index is 698. The van der Waals surface area contributed by atoms with Gasteiger partial charge in [0.05, 0.1) is 17.6 Å². The highest BCUT2D eigenvalue weighted by molar-refractivity contribution is 7.88. The molecule has 1 aromatic carbocycles. The fourth-order valence-corrected chi connectivity index (χ4v) is 3.27. The molecule has 2 rings (SSSR count). The van der Waals surface area contributed by atoms with Crippen LogP contribution in [-0.2, 0) is 16.6 Å². The number of para-hydroxylation sites is 1. The molecular weight excluding hydrogens is 312 g/mol. The Kier molecular flexibility index (Phi) is 6.32. The highest BCUT2D eigenvalue weighted by Crippen LogP contribution is 2.06. The second kappa shape index (κ2) is 8.24. The maximum atomic E-state index is 11.5. The SMILES string of the molecule is CCN(CCCNCc1ccn(-c2ccccc2)n1)S(C)(=O)=O. The van der Waals surface area contributed by atoms with Gasteiger partial charge in [-0.2, -0.15) is 5.10 Å². The van der Waals surface area contributed by atoms with Crippen LogP contribution < -0.4 is 5.32 Å². The van der Waals surface area contributed by atoms with Crippen LogP contribution in [0.3, 0.4) is 0 Å². The van der Waals surface area contributed by atoms with Crippen LogP contribution in [0.5, 0.6) is 0 Å². The third kappa shape index (κ3) is 5.46. The van der Waals surface area contributed by atoms with Crippen molar-refractivity contribution in [2.45, 2.75) is 19.9 Å². The number of nitrogens with zero attached hydrogens (tertiary/aromatic N) is 3. The van der Waals surface area contributed by atoms with Crippen LogP contribution in [-0.4, -0.2) is 48.4 Å². The van der Waals surface area contributed by atoms with Crippen LogP contribution in [0.15, 0.2) is 42.6 Å². The van der Waals surface area contributed by atoms with Crippen LogP contribution in [0.25, 0.3) is 5.69 Å². The second-order valence-electron chi connectivity index (χ2n) is 5.37. The van der Waals surface area contributed by atoms with E-state index in [4.69, 9.17) is 0 Å². The average Bonchev–Trinajstić information content (AvgIpc) is 2.99. The molecule has 0 bridgehead atoms. The Morgan fingerprint density at radius 1 is 1.22 bits per heavy atom. The smallest absolute Gasteiger partial charge is 0.211 e. The van der Waals surface area contributed by atoms with E-state index in [-0.39, 0.29) is 0 Å². The Labute approximate surface area is 138 Å². The molecule has 0 atom stereocenters. The van der Waals surface area contributed by atoms with Crippen molar-refractivity contribution < 1.29 is 8.42 Å². The van der Waals surface area contributed by atoms with E-state index < -0.39 is 10.0 Å². The quantitative estimate of drug-likeness (QED) is 0.707. The third-order valence-corrected chi connectivity index (χ3v) is 4.93. The second-order valence-corrected chi connectivity index (χ2v) is 7.35. The molecular formula is C16H24N4O2S. The van der Waals surface area contributed by atoms with Gasteiger partial charge in [-0.3, -0.25) is 0 Å². The Morgan fingerprint density at radius 2 is 1.96 bits per heavy atom. The van der Waals surface area contributed by atoms with Crippen molar-refractivity contribution in [1.82, 2.24) is 19.4 Å². The van der Waals surface area contributed by atoms with E-state index in [0.29, 0.717) is 19.6 Å². The molecule has 1 aromatic heterocycles. The van der Waals surface area contributed by atoms with Crippen LogP contribution in [0, 0.1) is 0 Å². The first-order valence-electron chi connectivity index (χ1n) is 7.76. The van der Waals surface area contributed by atoms with Gasteiger partial charge in [-0.1, -0.05) is 25.1 Å². The maximum Gasteiger partial charge on any atom is 0.211 e. The summed E-state index contributed by atoms with van der Waals surface area (Å²) < 4.78 is 26.3. The van der Waals surface area contributed by atoms with Crippen LogP contribution in [0.2, 0.25) is 0 Å². The molecule has 0 aliphatic heterocycles. The van der Waals surface area contributed by atoms with Crippen molar-refractivity contribution in [3.63, 3.8) is 0 Å². The van der Waals surface area contributed by atoms with Gasteiger partial charge in [0.25, 0.3) is 0 Å². The fraction of sp³-hybridized carbons (Fsp3) is 0.438. The Morgan fingerprint density at radius 3 is 2.61 bits per heavy atom. The summed E-state index contributed by atoms with van der Waals surface area (Å²) in [7, 11) is -3.09. The predicted molar refractivity (Wildman–Crippen MR) is 92.0 cm³/mol. The zero-order chi connectivity index (χ0) is 16.7. The van der Waals surface area contributed by atoms with E-state index in [9.17, 15) is 8.42 Å². The van der Waals surface area contributed by atoms with E-state index in [2.05, 4.69) is 10.4 Å². The minimum Gasteiger partial charge on any atom is -0.311 e. The molecule has 0 spiro atoms. The van der Waals surface area contributed by atoms with Gasteiger partial charge in [0, 0.05) is 25.8 Å². The lowest BCUT2D eigenvalue weighted by Crippen LogP contribution is -2.32. The minimum atomic E-state index is -3.09. The topological polar surface area (TPSA) is 67.2 Å². The van der Waals surface area contributed by atoms with E-state index in [1.807, 2.05) is 54.2 Å². The fourth-order valence-electron chi connectivity index (χ4n) is 2.34. The number of sulfonamides is 1. The van der Waals surface area contributed by atoms with E-state index in [1.54, 1.807) is 0 Å². The number of aromatic nitrogens is 2. The van der Waals surface area contributed by atoms with E-state index in [1.165, 1.54) is 10.6 Å². The van der Waals surface area contributed by atoms with Crippen molar-refractivity contribution in [3.05, 3.63) is 48.3 Å². The minimum absolute atomic E-state index is 0.514. The van der Waals surface area contributed by atoms with Gasteiger partial charge in [-0.05, 0) is 31.2 Å². The van der Waals surface area contributed by atoms with Gasteiger partial charge in [0.2, 0.25) is 10.0 Å².